The Balaban J connectivity index is 0.00000672. The zero-order valence-electron chi connectivity index (χ0n) is 47.0. The minimum Gasteiger partial charge on any atom is -0.507 e. The largest absolute Gasteiger partial charge is 0.507 e. The molecule has 372 valence electrons. The third kappa shape index (κ3) is 10.6. The van der Waals surface area contributed by atoms with E-state index >= 15 is 0 Å². The second-order valence-corrected chi connectivity index (χ2v) is 22.3. The summed E-state index contributed by atoms with van der Waals surface area (Å²) in [6.45, 7) is 13.0. The van der Waals surface area contributed by atoms with Gasteiger partial charge in [0.2, 0.25) is 0 Å². The van der Waals surface area contributed by atoms with E-state index in [0.717, 1.165) is 141 Å². The smallest absolute Gasteiger partial charge is 0.148 e. The van der Waals surface area contributed by atoms with Crippen LogP contribution >= 0.6 is 0 Å². The molecule has 2 aliphatic rings. The van der Waals surface area contributed by atoms with Crippen molar-refractivity contribution >= 4 is 11.0 Å². The van der Waals surface area contributed by atoms with Crippen molar-refractivity contribution in [3.63, 3.8) is 0 Å². The van der Waals surface area contributed by atoms with E-state index in [1.807, 2.05) is 66.9 Å². The first-order valence-electron chi connectivity index (χ1n) is 28.2. The fourth-order valence-corrected chi connectivity index (χ4v) is 11.0. The van der Waals surface area contributed by atoms with E-state index in [9.17, 15) is 7.85 Å². The summed E-state index contributed by atoms with van der Waals surface area (Å²) < 4.78 is 39.3. The number of phenolic OH excluding ortho intramolecular Hbond substituents is 1. The van der Waals surface area contributed by atoms with Gasteiger partial charge >= 0.3 is 0 Å². The van der Waals surface area contributed by atoms with Crippen LogP contribution < -0.4 is 0 Å². The van der Waals surface area contributed by atoms with Gasteiger partial charge in [-0.25, -0.2) is 4.98 Å². The molecule has 5 heteroatoms. The number of benzene rings is 7. The van der Waals surface area contributed by atoms with Gasteiger partial charge in [-0.3, -0.25) is 9.55 Å². The Kier molecular flexibility index (Phi) is 12.9. The number of pyridine rings is 1. The summed E-state index contributed by atoms with van der Waals surface area (Å²) in [7, 11) is 0. The molecule has 7 aromatic carbocycles. The predicted octanol–water partition coefficient (Wildman–Crippen LogP) is 18.0. The molecule has 0 bridgehead atoms. The van der Waals surface area contributed by atoms with Gasteiger partial charge in [-0.05, 0) is 105 Å². The topological polar surface area (TPSA) is 50.9 Å². The molecule has 2 saturated carbocycles. The first-order chi connectivity index (χ1) is 36.4. The van der Waals surface area contributed by atoms with E-state index in [1.54, 1.807) is 0 Å². The molecule has 2 heterocycles. The van der Waals surface area contributed by atoms with Gasteiger partial charge in [0.05, 0.1) is 22.3 Å². The van der Waals surface area contributed by atoms with Crippen LogP contribution in [0.3, 0.4) is 0 Å². The summed E-state index contributed by atoms with van der Waals surface area (Å²) in [6.07, 6.45) is 6.82. The zero-order valence-corrected chi connectivity index (χ0v) is 45.3. The van der Waals surface area contributed by atoms with Crippen molar-refractivity contribution in [2.45, 2.75) is 116 Å². The summed E-state index contributed by atoms with van der Waals surface area (Å²) in [4.78, 5) is 10.6. The number of aromatic nitrogens is 3. The molecule has 9 aromatic rings. The minimum absolute atomic E-state index is 0. The van der Waals surface area contributed by atoms with E-state index in [0.29, 0.717) is 17.0 Å². The monoisotopic (exact) mass is 1140 g/mol. The fraction of sp³-hybridized carbons (Fsp3) is 0.294. The number of hydrogen-bond acceptors (Lipinski definition) is 3. The van der Waals surface area contributed by atoms with E-state index in [4.69, 9.17) is 12.7 Å². The summed E-state index contributed by atoms with van der Waals surface area (Å²) in [5, 5.41) is 12.7. The number of phenols is 1. The van der Waals surface area contributed by atoms with Crippen molar-refractivity contribution in [3.05, 3.63) is 192 Å². The number of para-hydroxylation sites is 1. The standard InChI is InChI=1S/C68H68N3O.Pt/c1-67(2,3)56-43-59(65(72)60(44-56)68(4,5)6)66-70-64-57(26-17-27-63(64)71(66)62-33-30-48(37-46-20-15-16-21-46)38-58(62)51-24-11-8-12-25-51)54-39-53(49-22-9-7-10-23-49)40-55(41-54)61-42-52(34-35-69-61)50-31-28-47(29-32-50)36-45-18-13-14-19-45;/h7-12,17,22-35,38-40,42-46,72H,13-16,18-21,36-37H2,1-6H3;/q-1;/i36D2,37D2;. The summed E-state index contributed by atoms with van der Waals surface area (Å²) in [5.74, 6) is 0.753. The Bertz CT molecular complexity index is 3580. The van der Waals surface area contributed by atoms with Gasteiger partial charge in [-0.1, -0.05) is 225 Å². The number of aromatic hydroxyl groups is 1. The van der Waals surface area contributed by atoms with Crippen molar-refractivity contribution in [2.75, 3.05) is 0 Å². The molecule has 11 rings (SSSR count). The van der Waals surface area contributed by atoms with Crippen LogP contribution in [-0.4, -0.2) is 19.6 Å². The van der Waals surface area contributed by atoms with Crippen molar-refractivity contribution in [1.82, 2.24) is 14.5 Å². The molecule has 1 N–H and O–H groups in total. The maximum absolute atomic E-state index is 12.7. The second-order valence-electron chi connectivity index (χ2n) is 22.3. The first kappa shape index (κ1) is 45.3. The van der Waals surface area contributed by atoms with Crippen LogP contribution in [0.25, 0.3) is 83.9 Å². The van der Waals surface area contributed by atoms with Crippen LogP contribution in [0.15, 0.2) is 164 Å². The molecular weight excluding hydrogens is 1070 g/mol. The van der Waals surface area contributed by atoms with Crippen LogP contribution in [-0.2, 0) is 44.6 Å². The maximum atomic E-state index is 12.7. The van der Waals surface area contributed by atoms with Crippen LogP contribution in [0.1, 0.15) is 121 Å². The van der Waals surface area contributed by atoms with Crippen LogP contribution in [0, 0.1) is 17.9 Å². The molecule has 2 aromatic heterocycles. The molecule has 2 aliphatic carbocycles. The number of imidazole rings is 1. The van der Waals surface area contributed by atoms with Gasteiger partial charge in [-0.2, -0.15) is 0 Å². The third-order valence-electron chi connectivity index (χ3n) is 15.0. The summed E-state index contributed by atoms with van der Waals surface area (Å²) in [6, 6.07) is 57.5. The van der Waals surface area contributed by atoms with Crippen molar-refractivity contribution in [1.29, 1.82) is 0 Å². The zero-order chi connectivity index (χ0) is 53.1. The van der Waals surface area contributed by atoms with Crippen LogP contribution in [0.4, 0.5) is 0 Å². The molecule has 0 unspecified atom stereocenters. The van der Waals surface area contributed by atoms with Gasteiger partial charge in [0.1, 0.15) is 11.6 Å². The second kappa shape index (κ2) is 20.9. The Morgan fingerprint density at radius 3 is 1.84 bits per heavy atom. The Morgan fingerprint density at radius 1 is 0.562 bits per heavy atom. The molecular formula is C68H68N3OPt-. The molecule has 0 radical (unpaired) electrons. The van der Waals surface area contributed by atoms with Crippen molar-refractivity contribution in [2.24, 2.45) is 11.8 Å². The third-order valence-corrected chi connectivity index (χ3v) is 15.0. The van der Waals surface area contributed by atoms with E-state index in [2.05, 4.69) is 149 Å². The van der Waals surface area contributed by atoms with Gasteiger partial charge in [0, 0.05) is 49.6 Å². The fourth-order valence-electron chi connectivity index (χ4n) is 11.0. The normalized spacial score (nSPS) is 15.7. The van der Waals surface area contributed by atoms with Gasteiger partial charge in [0.25, 0.3) is 0 Å². The SMILES string of the molecule is [2H]C([2H])(c1ccc(-c2ccnc(-c3[c-]c(-c4cccc5c4nc(-c4cc(C(C)(C)C)cc(C(C)(C)C)c4O)n5-c4ccc(C([2H])([2H])C5CCCC5)cc4-c4ccccc4)cc(-c4ccccc4)c3)c2)cc1)C1CCCC1.[Pt]. The van der Waals surface area contributed by atoms with Crippen molar-refractivity contribution < 1.29 is 31.7 Å². The van der Waals surface area contributed by atoms with Crippen LogP contribution in [0.5, 0.6) is 5.75 Å². The molecule has 4 nitrogen and oxygen atoms in total. The molecule has 0 atom stereocenters. The van der Waals surface area contributed by atoms with E-state index in [-0.39, 0.29) is 44.1 Å². The number of fused-ring (bicyclic) bond motifs is 1. The van der Waals surface area contributed by atoms with E-state index in [1.165, 1.54) is 0 Å². The molecule has 0 aliphatic heterocycles. The summed E-state index contributed by atoms with van der Waals surface area (Å²) >= 11 is 0. The molecule has 0 spiro atoms. The van der Waals surface area contributed by atoms with E-state index < -0.39 is 18.2 Å². The van der Waals surface area contributed by atoms with Gasteiger partial charge in [0.15, 0.2) is 0 Å². The molecule has 0 amide bonds. The van der Waals surface area contributed by atoms with Gasteiger partial charge in [-0.15, -0.1) is 23.8 Å². The Hall–Kier alpha value is -6.35. The van der Waals surface area contributed by atoms with Crippen molar-refractivity contribution in [3.8, 4) is 78.6 Å². The predicted molar refractivity (Wildman–Crippen MR) is 301 cm³/mol. The first-order valence-corrected chi connectivity index (χ1v) is 26.2. The summed E-state index contributed by atoms with van der Waals surface area (Å²) in [5.41, 5.74) is 14.8. The van der Waals surface area contributed by atoms with Crippen LogP contribution in [0.2, 0.25) is 0 Å². The molecule has 0 saturated heterocycles. The Labute approximate surface area is 453 Å². The average molecular weight is 1140 g/mol. The van der Waals surface area contributed by atoms with Gasteiger partial charge < -0.3 is 5.11 Å². The Morgan fingerprint density at radius 2 is 1.18 bits per heavy atom. The molecule has 73 heavy (non-hydrogen) atoms. The number of hydrogen-bond donors (Lipinski definition) is 1. The quantitative estimate of drug-likeness (QED) is 0.131. The molecule has 2 fully saturated rings. The average Bonchev–Trinajstić information content (AvgIpc) is 4.38. The number of rotatable bonds is 11. The minimum atomic E-state index is -1.52. The maximum Gasteiger partial charge on any atom is 0.148 e. The number of nitrogens with zero attached hydrogens (tertiary/aromatic N) is 3.